The van der Waals surface area contributed by atoms with Crippen molar-refractivity contribution in [3.63, 3.8) is 0 Å². The zero-order valence-corrected chi connectivity index (χ0v) is 10.7. The third kappa shape index (κ3) is 2.99. The minimum absolute atomic E-state index is 0.130. The Hall–Kier alpha value is -0.610. The van der Waals surface area contributed by atoms with Crippen molar-refractivity contribution in [3.8, 4) is 0 Å². The van der Waals surface area contributed by atoms with Crippen LogP contribution in [0.5, 0.6) is 0 Å². The Kier molecular flexibility index (Phi) is 4.05. The van der Waals surface area contributed by atoms with Crippen LogP contribution in [-0.4, -0.2) is 31.2 Å². The van der Waals surface area contributed by atoms with Crippen LogP contribution in [0.1, 0.15) is 39.0 Å². The number of nitrogens with two attached hydrogens (primary N) is 1. The number of hydrogen-bond acceptors (Lipinski definition) is 3. The number of ether oxygens (including phenoxy) is 1. The van der Waals surface area contributed by atoms with Gasteiger partial charge in [-0.25, -0.2) is 0 Å². The largest absolute Gasteiger partial charge is 0.373 e. The minimum Gasteiger partial charge on any atom is -0.373 e. The molecule has 1 saturated carbocycles. The summed E-state index contributed by atoms with van der Waals surface area (Å²) in [7, 11) is 0. The van der Waals surface area contributed by atoms with Gasteiger partial charge in [0.1, 0.15) is 0 Å². The molecule has 1 amide bonds. The predicted molar refractivity (Wildman–Crippen MR) is 66.5 cm³/mol. The number of carbonyl (C=O) groups excluding carboxylic acids is 1. The molecular formula is C13H24N2O2. The van der Waals surface area contributed by atoms with Crippen molar-refractivity contribution in [2.45, 2.75) is 44.6 Å². The van der Waals surface area contributed by atoms with Crippen LogP contribution in [0.15, 0.2) is 0 Å². The summed E-state index contributed by atoms with van der Waals surface area (Å²) >= 11 is 0. The van der Waals surface area contributed by atoms with E-state index in [4.69, 9.17) is 10.5 Å². The molecule has 4 heteroatoms. The molecule has 1 aliphatic heterocycles. The lowest BCUT2D eigenvalue weighted by Gasteiger charge is -2.25. The maximum atomic E-state index is 12.1. The quantitative estimate of drug-likeness (QED) is 0.772. The lowest BCUT2D eigenvalue weighted by molar-refractivity contribution is -0.127. The van der Waals surface area contributed by atoms with Crippen LogP contribution in [-0.2, 0) is 9.53 Å². The fraction of sp³-hybridized carbons (Fsp3) is 0.923. The molecule has 0 aromatic rings. The summed E-state index contributed by atoms with van der Waals surface area (Å²) in [4.78, 5) is 12.1. The normalized spacial score (nSPS) is 37.3. The molecule has 17 heavy (non-hydrogen) atoms. The van der Waals surface area contributed by atoms with Gasteiger partial charge in [0.2, 0.25) is 5.91 Å². The van der Waals surface area contributed by atoms with E-state index in [0.717, 1.165) is 38.7 Å². The van der Waals surface area contributed by atoms with E-state index in [1.807, 2.05) is 0 Å². The molecule has 0 spiro atoms. The highest BCUT2D eigenvalue weighted by atomic mass is 16.5. The lowest BCUT2D eigenvalue weighted by atomic mass is 9.94. The first-order valence-corrected chi connectivity index (χ1v) is 6.76. The molecule has 1 saturated heterocycles. The Bertz CT molecular complexity index is 275. The molecule has 2 aliphatic rings. The van der Waals surface area contributed by atoms with Crippen LogP contribution in [0.4, 0.5) is 0 Å². The standard InChI is InChI=1S/C13H24N2O2/c1-13(6-3-7-17-13)9-15-12(16)11-5-2-4-10(11)8-14/h10-11H,2-9,14H2,1H3,(H,15,16)/t10-,11-,13?/m1/s1. The predicted octanol–water partition coefficient (Wildman–Crippen LogP) is 1.05. The first kappa shape index (κ1) is 12.8. The van der Waals surface area contributed by atoms with E-state index in [9.17, 15) is 4.79 Å². The van der Waals surface area contributed by atoms with Gasteiger partial charge < -0.3 is 15.8 Å². The Morgan fingerprint density at radius 1 is 1.47 bits per heavy atom. The van der Waals surface area contributed by atoms with E-state index in [-0.39, 0.29) is 17.4 Å². The first-order chi connectivity index (χ1) is 8.14. The highest BCUT2D eigenvalue weighted by Gasteiger charge is 2.34. The molecule has 3 N–H and O–H groups in total. The summed E-state index contributed by atoms with van der Waals surface area (Å²) in [6.45, 7) is 4.17. The summed E-state index contributed by atoms with van der Waals surface area (Å²) in [5.74, 6) is 0.687. The topological polar surface area (TPSA) is 64.4 Å². The third-order valence-electron chi connectivity index (χ3n) is 4.24. The van der Waals surface area contributed by atoms with E-state index < -0.39 is 0 Å². The molecule has 1 unspecified atom stereocenters. The van der Waals surface area contributed by atoms with E-state index in [1.54, 1.807) is 0 Å². The second kappa shape index (κ2) is 5.36. The lowest BCUT2D eigenvalue weighted by Crippen LogP contribution is -2.43. The molecule has 0 radical (unpaired) electrons. The van der Waals surface area contributed by atoms with Crippen molar-refractivity contribution < 1.29 is 9.53 Å². The number of rotatable bonds is 4. The average molecular weight is 240 g/mol. The van der Waals surface area contributed by atoms with E-state index in [1.165, 1.54) is 0 Å². The summed E-state index contributed by atoms with van der Waals surface area (Å²) in [5, 5.41) is 3.05. The molecule has 0 aromatic carbocycles. The average Bonchev–Trinajstić information content (AvgIpc) is 2.95. The second-order valence-corrected chi connectivity index (χ2v) is 5.65. The van der Waals surface area contributed by atoms with Crippen molar-refractivity contribution >= 4 is 5.91 Å². The van der Waals surface area contributed by atoms with Gasteiger partial charge in [-0.3, -0.25) is 4.79 Å². The highest BCUT2D eigenvalue weighted by molar-refractivity contribution is 5.79. The van der Waals surface area contributed by atoms with Crippen LogP contribution in [0, 0.1) is 11.8 Å². The Labute approximate surface area is 103 Å². The van der Waals surface area contributed by atoms with Gasteiger partial charge in [-0.2, -0.15) is 0 Å². The van der Waals surface area contributed by atoms with Crippen molar-refractivity contribution in [3.05, 3.63) is 0 Å². The third-order valence-corrected chi connectivity index (χ3v) is 4.24. The van der Waals surface area contributed by atoms with Gasteiger partial charge in [0.05, 0.1) is 5.60 Å². The first-order valence-electron chi connectivity index (χ1n) is 6.76. The summed E-state index contributed by atoms with van der Waals surface area (Å²) in [6.07, 6.45) is 5.36. The fourth-order valence-electron chi connectivity index (χ4n) is 3.05. The number of carbonyl (C=O) groups is 1. The summed E-state index contributed by atoms with van der Waals surface area (Å²) < 4.78 is 5.67. The van der Waals surface area contributed by atoms with Crippen LogP contribution in [0.3, 0.4) is 0 Å². The molecule has 98 valence electrons. The van der Waals surface area contributed by atoms with E-state index in [2.05, 4.69) is 12.2 Å². The van der Waals surface area contributed by atoms with E-state index in [0.29, 0.717) is 19.0 Å². The fourth-order valence-corrected chi connectivity index (χ4v) is 3.05. The van der Waals surface area contributed by atoms with Crippen molar-refractivity contribution in [2.75, 3.05) is 19.7 Å². The second-order valence-electron chi connectivity index (χ2n) is 5.65. The molecule has 2 rings (SSSR count). The molecule has 1 aliphatic carbocycles. The molecular weight excluding hydrogens is 216 g/mol. The molecule has 3 atom stereocenters. The monoisotopic (exact) mass is 240 g/mol. The van der Waals surface area contributed by atoms with Gasteiger partial charge in [0, 0.05) is 19.1 Å². The van der Waals surface area contributed by atoms with Gasteiger partial charge in [-0.05, 0) is 45.1 Å². The van der Waals surface area contributed by atoms with Crippen molar-refractivity contribution in [2.24, 2.45) is 17.6 Å². The minimum atomic E-state index is -0.146. The van der Waals surface area contributed by atoms with Crippen LogP contribution in [0.2, 0.25) is 0 Å². The molecule has 0 bridgehead atoms. The van der Waals surface area contributed by atoms with Gasteiger partial charge in [0.15, 0.2) is 0 Å². The van der Waals surface area contributed by atoms with Gasteiger partial charge in [-0.1, -0.05) is 6.42 Å². The zero-order valence-electron chi connectivity index (χ0n) is 10.7. The maximum Gasteiger partial charge on any atom is 0.223 e. The van der Waals surface area contributed by atoms with Gasteiger partial charge >= 0.3 is 0 Å². The Morgan fingerprint density at radius 2 is 2.29 bits per heavy atom. The zero-order chi connectivity index (χ0) is 12.3. The molecule has 0 aromatic heterocycles. The molecule has 2 fully saturated rings. The SMILES string of the molecule is CC1(CNC(=O)[C@@H]2CCC[C@@H]2CN)CCCO1. The summed E-state index contributed by atoms with van der Waals surface area (Å²) in [6, 6.07) is 0. The Morgan fingerprint density at radius 3 is 2.94 bits per heavy atom. The number of nitrogens with one attached hydrogen (secondary N) is 1. The Balaban J connectivity index is 1.80. The summed E-state index contributed by atoms with van der Waals surface area (Å²) in [5.41, 5.74) is 5.56. The smallest absolute Gasteiger partial charge is 0.223 e. The van der Waals surface area contributed by atoms with Crippen LogP contribution >= 0.6 is 0 Å². The van der Waals surface area contributed by atoms with Crippen LogP contribution in [0.25, 0.3) is 0 Å². The molecule has 1 heterocycles. The number of amides is 1. The maximum absolute atomic E-state index is 12.1. The highest BCUT2D eigenvalue weighted by Crippen LogP contribution is 2.31. The van der Waals surface area contributed by atoms with E-state index >= 15 is 0 Å². The number of hydrogen-bond donors (Lipinski definition) is 2. The van der Waals surface area contributed by atoms with Crippen molar-refractivity contribution in [1.82, 2.24) is 5.32 Å². The van der Waals surface area contributed by atoms with Crippen molar-refractivity contribution in [1.29, 1.82) is 0 Å². The van der Waals surface area contributed by atoms with Crippen LogP contribution < -0.4 is 11.1 Å². The molecule has 4 nitrogen and oxygen atoms in total. The van der Waals surface area contributed by atoms with Gasteiger partial charge in [-0.15, -0.1) is 0 Å². The van der Waals surface area contributed by atoms with Gasteiger partial charge in [0.25, 0.3) is 0 Å².